The van der Waals surface area contributed by atoms with Gasteiger partial charge in [-0.25, -0.2) is 0 Å². The minimum absolute atomic E-state index is 0.0373. The third-order valence-electron chi connectivity index (χ3n) is 13.5. The molecule has 1 aliphatic heterocycles. The Morgan fingerprint density at radius 1 is 0.550 bits per heavy atom. The van der Waals surface area contributed by atoms with Gasteiger partial charge in [0, 0.05) is 19.6 Å². The third-order valence-corrected chi connectivity index (χ3v) is 13.5. The van der Waals surface area contributed by atoms with Crippen LogP contribution in [0.3, 0.4) is 0 Å². The largest absolute Gasteiger partial charge is 0.396 e. The average molecular weight is 856 g/mol. The quantitative estimate of drug-likeness (QED) is 0.0301. The van der Waals surface area contributed by atoms with Crippen LogP contribution in [0.5, 0.6) is 0 Å². The van der Waals surface area contributed by atoms with E-state index in [9.17, 15) is 25.2 Å². The van der Waals surface area contributed by atoms with Crippen LogP contribution in [-0.2, 0) is 14.3 Å². The van der Waals surface area contributed by atoms with Gasteiger partial charge in [0.05, 0.1) is 30.9 Å². The second-order valence-electron chi connectivity index (χ2n) is 19.1. The van der Waals surface area contributed by atoms with Gasteiger partial charge in [0.2, 0.25) is 5.91 Å². The molecule has 0 spiro atoms. The number of methoxy groups -OCH3 is 1. The monoisotopic (exact) mass is 856 g/mol. The van der Waals surface area contributed by atoms with Crippen LogP contribution >= 0.6 is 0 Å². The molecule has 0 aromatic carbocycles. The summed E-state index contributed by atoms with van der Waals surface area (Å²) in [4.78, 5) is 15.9. The molecule has 1 aliphatic rings. The lowest BCUT2D eigenvalue weighted by Crippen LogP contribution is -2.72. The number of likely N-dealkylation sites (tertiary alicyclic amines) is 1. The molecule has 7 unspecified atom stereocenters. The predicted octanol–water partition coefficient (Wildman–Crippen LogP) is 11.6. The molecule has 9 nitrogen and oxygen atoms in total. The number of nitrogens with zero attached hydrogens (tertiary/aromatic N) is 1. The summed E-state index contributed by atoms with van der Waals surface area (Å²) in [6.45, 7) is 8.36. The Morgan fingerprint density at radius 3 is 1.32 bits per heavy atom. The number of rotatable bonds is 44. The fourth-order valence-electron chi connectivity index (χ4n) is 9.27. The van der Waals surface area contributed by atoms with Crippen LogP contribution in [0.1, 0.15) is 246 Å². The molecule has 9 heteroatoms. The maximum Gasteiger partial charge on any atom is 0.226 e. The van der Waals surface area contributed by atoms with E-state index in [4.69, 9.17) is 14.6 Å². The second kappa shape index (κ2) is 38.6. The molecule has 0 saturated carbocycles. The van der Waals surface area contributed by atoms with E-state index in [1.165, 1.54) is 180 Å². The highest BCUT2D eigenvalue weighted by atomic mass is 16.7. The van der Waals surface area contributed by atoms with Crippen LogP contribution in [0.2, 0.25) is 0 Å². The van der Waals surface area contributed by atoms with Gasteiger partial charge in [0.15, 0.2) is 6.29 Å². The smallest absolute Gasteiger partial charge is 0.226 e. The number of aliphatic hydroxyl groups is 5. The molecule has 1 heterocycles. The Morgan fingerprint density at radius 2 is 0.933 bits per heavy atom. The molecule has 0 bridgehead atoms. The van der Waals surface area contributed by atoms with Crippen LogP contribution in [0.25, 0.3) is 0 Å². The maximum atomic E-state index is 14.0. The van der Waals surface area contributed by atoms with E-state index in [-0.39, 0.29) is 37.5 Å². The van der Waals surface area contributed by atoms with Crippen LogP contribution in [0, 0.1) is 11.8 Å². The highest BCUT2D eigenvalue weighted by Crippen LogP contribution is 2.35. The first-order valence-electron chi connectivity index (χ1n) is 25.9. The van der Waals surface area contributed by atoms with Crippen molar-refractivity contribution in [1.29, 1.82) is 0 Å². The lowest BCUT2D eigenvalue weighted by Gasteiger charge is -2.54. The first kappa shape index (κ1) is 57.2. The Labute approximate surface area is 370 Å². The van der Waals surface area contributed by atoms with Crippen LogP contribution in [0.15, 0.2) is 0 Å². The van der Waals surface area contributed by atoms with Gasteiger partial charge in [0.25, 0.3) is 0 Å². The Hall–Kier alpha value is -0.810. The predicted molar refractivity (Wildman–Crippen MR) is 249 cm³/mol. The summed E-state index contributed by atoms with van der Waals surface area (Å²) in [7, 11) is 1.33. The molecular weight excluding hydrogens is 755 g/mol. The van der Waals surface area contributed by atoms with Gasteiger partial charge in [-0.1, -0.05) is 227 Å². The molecule has 0 aliphatic carbocycles. The summed E-state index contributed by atoms with van der Waals surface area (Å²) in [6.07, 6.45) is 35.8. The van der Waals surface area contributed by atoms with E-state index in [2.05, 4.69) is 20.8 Å². The van der Waals surface area contributed by atoms with Crippen LogP contribution < -0.4 is 0 Å². The summed E-state index contributed by atoms with van der Waals surface area (Å²) in [5.41, 5.74) is 0. The van der Waals surface area contributed by atoms with E-state index >= 15 is 0 Å². The van der Waals surface area contributed by atoms with Crippen molar-refractivity contribution in [2.45, 2.75) is 289 Å². The van der Waals surface area contributed by atoms with Crippen molar-refractivity contribution in [2.24, 2.45) is 11.8 Å². The molecule has 9 atom stereocenters. The molecule has 60 heavy (non-hydrogen) atoms. The second-order valence-corrected chi connectivity index (χ2v) is 19.1. The van der Waals surface area contributed by atoms with Gasteiger partial charge in [-0.2, -0.15) is 0 Å². The molecular formula is C51H101NO8. The minimum Gasteiger partial charge on any atom is -0.396 e. The minimum atomic E-state index is -1.59. The van der Waals surface area contributed by atoms with E-state index < -0.39 is 36.7 Å². The Balaban J connectivity index is 2.45. The highest BCUT2D eigenvalue weighted by Gasteiger charge is 2.51. The average Bonchev–Trinajstić information content (AvgIpc) is 3.24. The lowest BCUT2D eigenvalue weighted by atomic mass is 9.81. The molecule has 0 aromatic rings. The summed E-state index contributed by atoms with van der Waals surface area (Å²) in [5, 5.41) is 51.7. The zero-order valence-electron chi connectivity index (χ0n) is 40.1. The SMILES string of the molecule is CCCCCCCCCCCCCCCCCCCCCCCC(C)C(=O)N1C(COC(OC)C(O)C(O)C(O)CCO)[C@H](O)[C@@H]1CC(C)CCCCCCCCCCC. The topological polar surface area (TPSA) is 140 Å². The highest BCUT2D eigenvalue weighted by molar-refractivity contribution is 5.80. The zero-order valence-corrected chi connectivity index (χ0v) is 40.1. The van der Waals surface area contributed by atoms with E-state index in [0.29, 0.717) is 5.92 Å². The van der Waals surface area contributed by atoms with Gasteiger partial charge < -0.3 is 39.9 Å². The number of hydrogen-bond acceptors (Lipinski definition) is 8. The van der Waals surface area contributed by atoms with Crippen molar-refractivity contribution >= 4 is 5.91 Å². The van der Waals surface area contributed by atoms with Gasteiger partial charge in [-0.15, -0.1) is 0 Å². The summed E-state index contributed by atoms with van der Waals surface area (Å²) in [6, 6.07) is -0.876. The molecule has 1 amide bonds. The van der Waals surface area contributed by atoms with Gasteiger partial charge >= 0.3 is 0 Å². The lowest BCUT2D eigenvalue weighted by molar-refractivity contribution is -0.237. The van der Waals surface area contributed by atoms with E-state index in [1.54, 1.807) is 0 Å². The number of aliphatic hydroxyl groups excluding tert-OH is 5. The Bertz CT molecular complexity index is 956. The number of amides is 1. The number of ether oxygens (including phenoxy) is 2. The number of unbranched alkanes of at least 4 members (excludes halogenated alkanes) is 28. The molecule has 1 saturated heterocycles. The third kappa shape index (κ3) is 26.1. The maximum absolute atomic E-state index is 14.0. The number of carbonyl (C=O) groups excluding carboxylic acids is 1. The van der Waals surface area contributed by atoms with Crippen molar-refractivity contribution in [3.05, 3.63) is 0 Å². The fraction of sp³-hybridized carbons (Fsp3) is 0.980. The van der Waals surface area contributed by atoms with Crippen molar-refractivity contribution in [2.75, 3.05) is 20.3 Å². The molecule has 0 aromatic heterocycles. The standard InChI is InChI=1S/C51H101NO8/c1-6-8-10-12-14-16-17-18-19-20-21-22-23-24-25-26-27-29-31-33-35-37-43(4)50(58)52-44(40-42(3)36-34-32-30-28-15-13-11-9-7-2)47(55)45(52)41-60-51(59-5)49(57)48(56)46(54)38-39-53/h42-49,51,53-57H,6-41H2,1-5H3/t42?,43?,44-,45?,46?,47+,48?,49?,51?/m0/s1. The summed E-state index contributed by atoms with van der Waals surface area (Å²) in [5.74, 6) is 0.234. The van der Waals surface area contributed by atoms with Gasteiger partial charge in [-0.3, -0.25) is 4.79 Å². The van der Waals surface area contributed by atoms with Gasteiger partial charge in [0.1, 0.15) is 12.2 Å². The molecule has 5 N–H and O–H groups in total. The van der Waals surface area contributed by atoms with Crippen molar-refractivity contribution in [3.63, 3.8) is 0 Å². The zero-order chi connectivity index (χ0) is 44.2. The number of carbonyl (C=O) groups is 1. The van der Waals surface area contributed by atoms with E-state index in [1.807, 2.05) is 11.8 Å². The molecule has 1 rings (SSSR count). The van der Waals surface area contributed by atoms with Crippen LogP contribution in [0.4, 0.5) is 0 Å². The summed E-state index contributed by atoms with van der Waals surface area (Å²) < 4.78 is 11.2. The normalized spacial score (nSPS) is 19.8. The first-order valence-corrected chi connectivity index (χ1v) is 25.9. The van der Waals surface area contributed by atoms with Crippen molar-refractivity contribution in [1.82, 2.24) is 4.90 Å². The Kier molecular flexibility index (Phi) is 36.8. The van der Waals surface area contributed by atoms with Gasteiger partial charge in [-0.05, 0) is 25.2 Å². The number of hydrogen-bond donors (Lipinski definition) is 5. The molecule has 0 radical (unpaired) electrons. The fourth-order valence-corrected chi connectivity index (χ4v) is 9.27. The van der Waals surface area contributed by atoms with E-state index in [0.717, 1.165) is 38.5 Å². The molecule has 358 valence electrons. The molecule has 1 fully saturated rings. The summed E-state index contributed by atoms with van der Waals surface area (Å²) >= 11 is 0. The first-order chi connectivity index (χ1) is 29.1. The van der Waals surface area contributed by atoms with Crippen LogP contribution in [-0.4, -0.2) is 99.5 Å². The van der Waals surface area contributed by atoms with Crippen molar-refractivity contribution in [3.8, 4) is 0 Å². The van der Waals surface area contributed by atoms with Crippen molar-refractivity contribution < 1.29 is 39.8 Å².